The van der Waals surface area contributed by atoms with Crippen LogP contribution < -0.4 is 34.7 Å². The molecular weight excluding hydrogens is 411 g/mol. The Kier molecular flexibility index (Phi) is 12.0. The van der Waals surface area contributed by atoms with Gasteiger partial charge in [-0.25, -0.2) is 0 Å². The van der Waals surface area contributed by atoms with Gasteiger partial charge in [0.1, 0.15) is 6.10 Å². The summed E-state index contributed by atoms with van der Waals surface area (Å²) in [6.45, 7) is 5.83. The van der Waals surface area contributed by atoms with E-state index in [0.717, 1.165) is 5.57 Å². The molecule has 3 N–H and O–H groups in total. The van der Waals surface area contributed by atoms with Crippen LogP contribution in [0.2, 0.25) is 0 Å². The monoisotopic (exact) mass is 446 g/mol. The molecule has 0 radical (unpaired) electrons. The van der Waals surface area contributed by atoms with Gasteiger partial charge in [0, 0.05) is 24.7 Å². The number of hydrogen-bond acceptors (Lipinski definition) is 7. The van der Waals surface area contributed by atoms with Gasteiger partial charge < -0.3 is 30.0 Å². The molecule has 31 heavy (non-hydrogen) atoms. The third kappa shape index (κ3) is 8.30. The number of fused-ring (bicyclic) bond motifs is 1. The number of hydrogen-bond donors (Lipinski definition) is 3. The van der Waals surface area contributed by atoms with E-state index < -0.39 is 36.8 Å². The molecule has 7 nitrogen and oxygen atoms in total. The Labute approximate surface area is 206 Å². The van der Waals surface area contributed by atoms with Crippen molar-refractivity contribution in [3.63, 3.8) is 0 Å². The van der Waals surface area contributed by atoms with Crippen LogP contribution in [0.5, 0.6) is 0 Å². The van der Waals surface area contributed by atoms with Gasteiger partial charge in [0.15, 0.2) is 0 Å². The zero-order valence-electron chi connectivity index (χ0n) is 19.1. The second kappa shape index (κ2) is 13.1. The number of carboxylic acids is 1. The molecule has 2 rings (SSSR count). The number of rotatable bonds is 10. The molecule has 0 saturated heterocycles. The molecule has 0 amide bonds. The van der Waals surface area contributed by atoms with Crippen LogP contribution in [0.4, 0.5) is 0 Å². The minimum Gasteiger partial charge on any atom is -0.550 e. The molecule has 0 heterocycles. The Hall–Kier alpha value is -0.700. The SMILES string of the molecule is CC[C@H](C)C(=O)O[C@H]1C[C@H](O)C=C2C=C[C@H](C)[C@H](CCC(O)C[C@@H](O)CC(=O)[O-])[C@H]21.[Na+]. The molecular formula is C23H35NaO7. The van der Waals surface area contributed by atoms with Crippen molar-refractivity contribution in [2.24, 2.45) is 23.7 Å². The first-order chi connectivity index (χ1) is 14.1. The maximum Gasteiger partial charge on any atom is 1.00 e. The average Bonchev–Trinajstić information content (AvgIpc) is 2.65. The molecule has 170 valence electrons. The quantitative estimate of drug-likeness (QED) is 0.265. The van der Waals surface area contributed by atoms with Gasteiger partial charge in [-0.2, -0.15) is 0 Å². The fourth-order valence-electron chi connectivity index (χ4n) is 4.51. The largest absolute Gasteiger partial charge is 1.00 e. The van der Waals surface area contributed by atoms with Crippen molar-refractivity contribution in [1.29, 1.82) is 0 Å². The molecule has 8 heteroatoms. The molecule has 0 fully saturated rings. The number of carboxylic acid groups (broad SMARTS) is 1. The topological polar surface area (TPSA) is 127 Å². The molecule has 0 bridgehead atoms. The summed E-state index contributed by atoms with van der Waals surface area (Å²) in [5.41, 5.74) is 0.949. The van der Waals surface area contributed by atoms with Crippen LogP contribution in [0.25, 0.3) is 0 Å². The van der Waals surface area contributed by atoms with E-state index in [-0.39, 0.29) is 65.6 Å². The maximum absolute atomic E-state index is 12.4. The number of esters is 1. The summed E-state index contributed by atoms with van der Waals surface area (Å²) in [4.78, 5) is 23.0. The van der Waals surface area contributed by atoms with Crippen LogP contribution >= 0.6 is 0 Å². The fourth-order valence-corrected chi connectivity index (χ4v) is 4.51. The van der Waals surface area contributed by atoms with E-state index in [2.05, 4.69) is 13.0 Å². The molecule has 8 atom stereocenters. The van der Waals surface area contributed by atoms with E-state index in [1.165, 1.54) is 0 Å². The van der Waals surface area contributed by atoms with Crippen molar-refractivity contribution >= 4 is 11.9 Å². The minimum absolute atomic E-state index is 0. The summed E-state index contributed by atoms with van der Waals surface area (Å²) in [7, 11) is 0. The zero-order valence-corrected chi connectivity index (χ0v) is 21.1. The van der Waals surface area contributed by atoms with E-state index in [1.54, 1.807) is 0 Å². The van der Waals surface area contributed by atoms with E-state index in [9.17, 15) is 30.0 Å². The molecule has 0 aromatic heterocycles. The normalized spacial score (nSPS) is 30.3. The number of ether oxygens (including phenoxy) is 1. The van der Waals surface area contributed by atoms with Crippen molar-refractivity contribution < 1.29 is 64.3 Å². The standard InChI is InChI=1S/C23H36O7.Na/c1-4-13(2)23(29)30-20-11-17(25)9-15-6-5-14(3)19(22(15)20)8-7-16(24)10-18(26)12-21(27)28;/h5-6,9,13-14,16-20,22,24-26H,4,7-8,10-12H2,1-3H3,(H,27,28);/q;+1/p-1/t13-,14-,16?,17+,18+,19-,20-,22-;/m0./s1. The third-order valence-electron chi connectivity index (χ3n) is 6.43. The van der Waals surface area contributed by atoms with Crippen LogP contribution in [0.15, 0.2) is 23.8 Å². The third-order valence-corrected chi connectivity index (χ3v) is 6.43. The van der Waals surface area contributed by atoms with Gasteiger partial charge in [-0.1, -0.05) is 39.0 Å². The van der Waals surface area contributed by atoms with Gasteiger partial charge in [-0.3, -0.25) is 4.79 Å². The van der Waals surface area contributed by atoms with Crippen molar-refractivity contribution in [3.8, 4) is 0 Å². The van der Waals surface area contributed by atoms with Gasteiger partial charge >= 0.3 is 35.5 Å². The Balaban J connectivity index is 0.00000480. The smallest absolute Gasteiger partial charge is 0.550 e. The molecule has 0 spiro atoms. The number of carbonyl (C=O) groups is 2. The summed E-state index contributed by atoms with van der Waals surface area (Å²) in [5.74, 6) is -1.60. The second-order valence-electron chi connectivity index (χ2n) is 8.86. The number of aliphatic carboxylic acids is 1. The summed E-state index contributed by atoms with van der Waals surface area (Å²) in [6.07, 6.45) is 4.31. The van der Waals surface area contributed by atoms with Gasteiger partial charge in [-0.05, 0) is 43.1 Å². The average molecular weight is 447 g/mol. The fraction of sp³-hybridized carbons (Fsp3) is 0.739. The van der Waals surface area contributed by atoms with Crippen LogP contribution in [-0.4, -0.2) is 51.7 Å². The molecule has 1 unspecified atom stereocenters. The van der Waals surface area contributed by atoms with Gasteiger partial charge in [-0.15, -0.1) is 0 Å². The number of carbonyl (C=O) groups excluding carboxylic acids is 2. The van der Waals surface area contributed by atoms with Crippen LogP contribution in [0.3, 0.4) is 0 Å². The Morgan fingerprint density at radius 2 is 1.97 bits per heavy atom. The van der Waals surface area contributed by atoms with E-state index in [1.807, 2.05) is 26.0 Å². The van der Waals surface area contributed by atoms with Crippen LogP contribution in [0, 0.1) is 23.7 Å². The van der Waals surface area contributed by atoms with Gasteiger partial charge in [0.05, 0.1) is 24.2 Å². The van der Waals surface area contributed by atoms with E-state index in [0.29, 0.717) is 25.7 Å². The Bertz CT molecular complexity index is 662. The molecule has 2 aliphatic rings. The van der Waals surface area contributed by atoms with Crippen LogP contribution in [0.1, 0.15) is 59.3 Å². The minimum atomic E-state index is -1.35. The predicted molar refractivity (Wildman–Crippen MR) is 109 cm³/mol. The van der Waals surface area contributed by atoms with Crippen molar-refractivity contribution in [3.05, 3.63) is 23.8 Å². The number of aliphatic hydroxyl groups excluding tert-OH is 3. The molecule has 2 aliphatic carbocycles. The molecule has 0 aromatic carbocycles. The molecule has 0 aliphatic heterocycles. The second-order valence-corrected chi connectivity index (χ2v) is 8.86. The van der Waals surface area contributed by atoms with Gasteiger partial charge in [0.2, 0.25) is 0 Å². The molecule has 0 saturated carbocycles. The van der Waals surface area contributed by atoms with Crippen molar-refractivity contribution in [2.75, 3.05) is 0 Å². The maximum atomic E-state index is 12.4. The van der Waals surface area contributed by atoms with Crippen molar-refractivity contribution in [1.82, 2.24) is 0 Å². The summed E-state index contributed by atoms with van der Waals surface area (Å²) < 4.78 is 5.83. The van der Waals surface area contributed by atoms with Crippen molar-refractivity contribution in [2.45, 2.75) is 83.7 Å². The van der Waals surface area contributed by atoms with Crippen LogP contribution in [-0.2, 0) is 14.3 Å². The summed E-state index contributed by atoms with van der Waals surface area (Å²) >= 11 is 0. The number of allylic oxidation sites excluding steroid dienone is 2. The first-order valence-electron chi connectivity index (χ1n) is 11.0. The Morgan fingerprint density at radius 1 is 1.29 bits per heavy atom. The predicted octanol–water partition coefficient (Wildman–Crippen LogP) is -1.89. The Morgan fingerprint density at radius 3 is 2.58 bits per heavy atom. The zero-order chi connectivity index (χ0) is 22.4. The van der Waals surface area contributed by atoms with E-state index >= 15 is 0 Å². The van der Waals surface area contributed by atoms with E-state index in [4.69, 9.17) is 4.74 Å². The molecule has 0 aromatic rings. The summed E-state index contributed by atoms with van der Waals surface area (Å²) in [6, 6.07) is 0. The number of aliphatic hydroxyl groups is 3. The first kappa shape index (κ1) is 28.3. The summed E-state index contributed by atoms with van der Waals surface area (Å²) in [5, 5.41) is 40.8. The first-order valence-corrected chi connectivity index (χ1v) is 11.0. The van der Waals surface area contributed by atoms with Gasteiger partial charge in [0.25, 0.3) is 0 Å².